The largest absolute Gasteiger partial charge is 0.461 e. The molecule has 0 bridgehead atoms. The Labute approximate surface area is 151 Å². The van der Waals surface area contributed by atoms with Crippen molar-refractivity contribution in [3.63, 3.8) is 0 Å². The molecule has 0 amide bonds. The number of esters is 1. The number of hydrogen-bond acceptors (Lipinski definition) is 3. The summed E-state index contributed by atoms with van der Waals surface area (Å²) < 4.78 is 5.92. The van der Waals surface area contributed by atoms with E-state index in [1.54, 1.807) is 0 Å². The Morgan fingerprint density at radius 2 is 2.00 bits per heavy atom. The third kappa shape index (κ3) is 2.17. The molecule has 3 saturated carbocycles. The molecular formula is C22H32O3. The Bertz CT molecular complexity index is 625. The number of ether oxygens (including phenoxy) is 1. The molecule has 0 aromatic rings. The van der Waals surface area contributed by atoms with Crippen molar-refractivity contribution in [3.05, 3.63) is 11.6 Å². The summed E-state index contributed by atoms with van der Waals surface area (Å²) in [5.41, 5.74) is 2.03. The Morgan fingerprint density at radius 3 is 2.84 bits per heavy atom. The number of carbonyl (C=O) groups excluding carboxylic acids is 1. The fourth-order valence-corrected chi connectivity index (χ4v) is 7.78. The van der Waals surface area contributed by atoms with Crippen LogP contribution in [0.1, 0.15) is 71.6 Å². The summed E-state index contributed by atoms with van der Waals surface area (Å²) in [4.78, 5) is 11.9. The molecule has 0 radical (unpaired) electrons. The summed E-state index contributed by atoms with van der Waals surface area (Å²) in [7, 11) is 0. The van der Waals surface area contributed by atoms with E-state index in [0.29, 0.717) is 23.7 Å². The zero-order chi connectivity index (χ0) is 17.4. The lowest BCUT2D eigenvalue weighted by atomic mass is 9.48. The molecule has 0 aromatic heterocycles. The maximum atomic E-state index is 11.9. The predicted octanol–water partition coefficient (Wildman–Crippen LogP) is 4.24. The average molecular weight is 344 g/mol. The molecule has 5 rings (SSSR count). The zero-order valence-electron chi connectivity index (χ0n) is 15.7. The molecule has 1 saturated heterocycles. The summed E-state index contributed by atoms with van der Waals surface area (Å²) >= 11 is 0. The molecule has 0 aromatic carbocycles. The van der Waals surface area contributed by atoms with Crippen LogP contribution in [-0.2, 0) is 9.53 Å². The van der Waals surface area contributed by atoms with Gasteiger partial charge in [0, 0.05) is 11.8 Å². The van der Waals surface area contributed by atoms with E-state index in [9.17, 15) is 9.90 Å². The van der Waals surface area contributed by atoms with Gasteiger partial charge in [-0.2, -0.15) is 0 Å². The van der Waals surface area contributed by atoms with Crippen molar-refractivity contribution in [1.29, 1.82) is 0 Å². The van der Waals surface area contributed by atoms with Gasteiger partial charge in [0.05, 0.1) is 6.10 Å². The molecule has 5 aliphatic rings. The highest BCUT2D eigenvalue weighted by Gasteiger charge is 2.62. The molecule has 8 atom stereocenters. The summed E-state index contributed by atoms with van der Waals surface area (Å²) in [6.45, 7) is 4.90. The zero-order valence-corrected chi connectivity index (χ0v) is 15.7. The predicted molar refractivity (Wildman–Crippen MR) is 95.7 cm³/mol. The lowest BCUT2D eigenvalue weighted by Gasteiger charge is -2.57. The first-order valence-electron chi connectivity index (χ1n) is 10.5. The number of aliphatic hydroxyl groups is 1. The van der Waals surface area contributed by atoms with Crippen LogP contribution < -0.4 is 0 Å². The maximum Gasteiger partial charge on any atom is 0.306 e. The number of fused-ring (bicyclic) bond motifs is 7. The van der Waals surface area contributed by atoms with E-state index in [4.69, 9.17) is 4.74 Å². The second kappa shape index (κ2) is 5.34. The van der Waals surface area contributed by atoms with Gasteiger partial charge in [-0.25, -0.2) is 0 Å². The fraction of sp³-hybridized carbons (Fsp3) is 0.864. The molecule has 1 N–H and O–H groups in total. The van der Waals surface area contributed by atoms with Crippen LogP contribution in [0.3, 0.4) is 0 Å². The summed E-state index contributed by atoms with van der Waals surface area (Å²) in [5.74, 6) is 2.83. The molecule has 4 aliphatic carbocycles. The van der Waals surface area contributed by atoms with Crippen molar-refractivity contribution in [2.75, 3.05) is 0 Å². The minimum absolute atomic E-state index is 0.0318. The molecule has 138 valence electrons. The van der Waals surface area contributed by atoms with Gasteiger partial charge in [-0.05, 0) is 80.5 Å². The number of carbonyl (C=O) groups is 1. The van der Waals surface area contributed by atoms with Crippen molar-refractivity contribution in [2.24, 2.45) is 34.5 Å². The molecular weight excluding hydrogens is 312 g/mol. The van der Waals surface area contributed by atoms with Crippen LogP contribution >= 0.6 is 0 Å². The lowest BCUT2D eigenvalue weighted by molar-refractivity contribution is -0.169. The Hall–Kier alpha value is -0.830. The van der Waals surface area contributed by atoms with Gasteiger partial charge in [-0.1, -0.05) is 25.5 Å². The van der Waals surface area contributed by atoms with Crippen LogP contribution in [0.2, 0.25) is 0 Å². The summed E-state index contributed by atoms with van der Waals surface area (Å²) in [6, 6.07) is 0. The van der Waals surface area contributed by atoms with Crippen molar-refractivity contribution >= 4 is 5.97 Å². The topological polar surface area (TPSA) is 46.5 Å². The van der Waals surface area contributed by atoms with Crippen molar-refractivity contribution < 1.29 is 14.6 Å². The van der Waals surface area contributed by atoms with E-state index in [1.807, 2.05) is 0 Å². The molecule has 0 spiro atoms. The van der Waals surface area contributed by atoms with Crippen molar-refractivity contribution in [3.8, 4) is 0 Å². The monoisotopic (exact) mass is 344 g/mol. The van der Waals surface area contributed by atoms with Gasteiger partial charge in [-0.15, -0.1) is 0 Å². The third-order valence-electron chi connectivity index (χ3n) is 9.13. The van der Waals surface area contributed by atoms with E-state index in [2.05, 4.69) is 19.9 Å². The van der Waals surface area contributed by atoms with Crippen molar-refractivity contribution in [1.82, 2.24) is 0 Å². The first-order chi connectivity index (χ1) is 11.9. The number of allylic oxidation sites excluding steroid dienone is 1. The Balaban J connectivity index is 1.48. The van der Waals surface area contributed by atoms with Crippen LogP contribution in [0.15, 0.2) is 11.6 Å². The highest BCUT2D eigenvalue weighted by molar-refractivity contribution is 5.70. The molecule has 1 aliphatic heterocycles. The van der Waals surface area contributed by atoms with Gasteiger partial charge in [0.2, 0.25) is 0 Å². The van der Waals surface area contributed by atoms with E-state index in [0.717, 1.165) is 37.5 Å². The number of hydrogen-bond donors (Lipinski definition) is 1. The summed E-state index contributed by atoms with van der Waals surface area (Å²) in [5, 5.41) is 10.1. The molecule has 8 unspecified atom stereocenters. The van der Waals surface area contributed by atoms with E-state index < -0.39 is 0 Å². The van der Waals surface area contributed by atoms with Gasteiger partial charge in [-0.3, -0.25) is 4.79 Å². The lowest BCUT2D eigenvalue weighted by Crippen LogP contribution is -2.52. The molecule has 1 heterocycles. The standard InChI is InChI=1S/C22H32O3/c1-21-9-7-15(23)12-14(21)4-5-16-17(21)8-10-22(2)18(16)11-13-3-6-19(24)25-20(13)22/h4,13,15-18,20,23H,3,5-12H2,1-2H3. The second-order valence-corrected chi connectivity index (χ2v) is 10.1. The number of rotatable bonds is 0. The quantitative estimate of drug-likeness (QED) is 0.528. The van der Waals surface area contributed by atoms with Gasteiger partial charge < -0.3 is 9.84 Å². The van der Waals surface area contributed by atoms with Crippen LogP contribution in [0.4, 0.5) is 0 Å². The molecule has 3 heteroatoms. The van der Waals surface area contributed by atoms with E-state index in [1.165, 1.54) is 31.3 Å². The molecule has 4 fully saturated rings. The number of aliphatic hydroxyl groups excluding tert-OH is 1. The van der Waals surface area contributed by atoms with Crippen LogP contribution in [0.25, 0.3) is 0 Å². The smallest absolute Gasteiger partial charge is 0.306 e. The van der Waals surface area contributed by atoms with Crippen LogP contribution in [0, 0.1) is 34.5 Å². The second-order valence-electron chi connectivity index (χ2n) is 10.1. The van der Waals surface area contributed by atoms with Crippen molar-refractivity contribution in [2.45, 2.75) is 83.8 Å². The minimum atomic E-state index is -0.126. The van der Waals surface area contributed by atoms with Gasteiger partial charge >= 0.3 is 5.97 Å². The van der Waals surface area contributed by atoms with Gasteiger partial charge in [0.25, 0.3) is 0 Å². The fourth-order valence-electron chi connectivity index (χ4n) is 7.78. The first kappa shape index (κ1) is 16.4. The SMILES string of the molecule is CC12CCC(O)CC1=CCC1C2CCC2(C)C1CC1CCC(=O)OC12. The van der Waals surface area contributed by atoms with E-state index >= 15 is 0 Å². The highest BCUT2D eigenvalue weighted by atomic mass is 16.5. The highest BCUT2D eigenvalue weighted by Crippen LogP contribution is 2.67. The van der Waals surface area contributed by atoms with E-state index in [-0.39, 0.29) is 23.6 Å². The van der Waals surface area contributed by atoms with Crippen LogP contribution in [0.5, 0.6) is 0 Å². The third-order valence-corrected chi connectivity index (χ3v) is 9.13. The Kier molecular flexibility index (Phi) is 3.49. The summed E-state index contributed by atoms with van der Waals surface area (Å²) in [6.07, 6.45) is 12.1. The molecule has 3 nitrogen and oxygen atoms in total. The van der Waals surface area contributed by atoms with Gasteiger partial charge in [0.1, 0.15) is 6.10 Å². The maximum absolute atomic E-state index is 11.9. The minimum Gasteiger partial charge on any atom is -0.461 e. The molecule has 25 heavy (non-hydrogen) atoms. The van der Waals surface area contributed by atoms with Crippen LogP contribution in [-0.4, -0.2) is 23.3 Å². The first-order valence-corrected chi connectivity index (χ1v) is 10.5. The Morgan fingerprint density at radius 1 is 1.16 bits per heavy atom. The average Bonchev–Trinajstić information content (AvgIpc) is 2.88. The van der Waals surface area contributed by atoms with Gasteiger partial charge in [0.15, 0.2) is 0 Å². The normalized spacial score (nSPS) is 54.5.